The molecule has 4 nitrogen and oxygen atoms in total. The summed E-state index contributed by atoms with van der Waals surface area (Å²) < 4.78 is 4.85. The van der Waals surface area contributed by atoms with Crippen LogP contribution in [-0.2, 0) is 14.9 Å². The molecule has 0 saturated carbocycles. The van der Waals surface area contributed by atoms with Crippen LogP contribution in [0.1, 0.15) is 18.7 Å². The van der Waals surface area contributed by atoms with Crippen LogP contribution in [0.25, 0.3) is 0 Å². The summed E-state index contributed by atoms with van der Waals surface area (Å²) in [4.78, 5) is 12.9. The summed E-state index contributed by atoms with van der Waals surface area (Å²) in [5, 5.41) is 4.90. The van der Waals surface area contributed by atoms with Crippen molar-refractivity contribution in [1.82, 2.24) is 5.32 Å². The Bertz CT molecular complexity index is 355. The molecule has 18 heavy (non-hydrogen) atoms. The standard InChI is InChI=1S/C12H20N2O2S.ClH/c1-12(2,10-5-4-6-17-10)8-14-11(15)9(13)7-16-3;/h4-6,9H,7-8,13H2,1-3H3,(H,14,15);1H. The quantitative estimate of drug-likeness (QED) is 0.836. The summed E-state index contributed by atoms with van der Waals surface area (Å²) in [6, 6.07) is 3.49. The van der Waals surface area contributed by atoms with Gasteiger partial charge in [-0.1, -0.05) is 19.9 Å². The van der Waals surface area contributed by atoms with Gasteiger partial charge >= 0.3 is 0 Å². The van der Waals surface area contributed by atoms with Crippen molar-refractivity contribution in [2.24, 2.45) is 5.73 Å². The Hall–Kier alpha value is -0.620. The molecule has 0 aromatic carbocycles. The van der Waals surface area contributed by atoms with Gasteiger partial charge in [-0.05, 0) is 11.4 Å². The first-order chi connectivity index (χ1) is 7.97. The first-order valence-electron chi connectivity index (χ1n) is 5.53. The van der Waals surface area contributed by atoms with Crippen molar-refractivity contribution in [3.05, 3.63) is 22.4 Å². The van der Waals surface area contributed by atoms with Gasteiger partial charge in [-0.3, -0.25) is 4.79 Å². The average Bonchev–Trinajstić information content (AvgIpc) is 2.80. The minimum absolute atomic E-state index is 0. The summed E-state index contributed by atoms with van der Waals surface area (Å²) in [7, 11) is 1.53. The van der Waals surface area contributed by atoms with Crippen LogP contribution < -0.4 is 11.1 Å². The van der Waals surface area contributed by atoms with Gasteiger partial charge in [0, 0.05) is 23.9 Å². The predicted molar refractivity (Wildman–Crippen MR) is 77.5 cm³/mol. The van der Waals surface area contributed by atoms with E-state index in [1.165, 1.54) is 12.0 Å². The first kappa shape index (κ1) is 17.4. The molecule has 1 aromatic rings. The van der Waals surface area contributed by atoms with Gasteiger partial charge in [0.1, 0.15) is 6.04 Å². The van der Waals surface area contributed by atoms with Gasteiger partial charge < -0.3 is 15.8 Å². The lowest BCUT2D eigenvalue weighted by Crippen LogP contribution is -2.47. The summed E-state index contributed by atoms with van der Waals surface area (Å²) in [5.74, 6) is -0.170. The van der Waals surface area contributed by atoms with Crippen molar-refractivity contribution in [1.29, 1.82) is 0 Å². The number of ether oxygens (including phenoxy) is 1. The topological polar surface area (TPSA) is 64.3 Å². The van der Waals surface area contributed by atoms with E-state index >= 15 is 0 Å². The van der Waals surface area contributed by atoms with E-state index < -0.39 is 6.04 Å². The fourth-order valence-electron chi connectivity index (χ4n) is 1.45. The Labute approximate surface area is 118 Å². The lowest BCUT2D eigenvalue weighted by Gasteiger charge is -2.24. The summed E-state index contributed by atoms with van der Waals surface area (Å²) in [6.07, 6.45) is 0. The number of hydrogen-bond donors (Lipinski definition) is 2. The predicted octanol–water partition coefficient (Wildman–Crippen LogP) is 1.54. The van der Waals surface area contributed by atoms with E-state index in [0.29, 0.717) is 6.54 Å². The molecular weight excluding hydrogens is 272 g/mol. The van der Waals surface area contributed by atoms with Gasteiger partial charge in [0.15, 0.2) is 0 Å². The number of rotatable bonds is 6. The zero-order valence-corrected chi connectivity index (χ0v) is 12.6. The largest absolute Gasteiger partial charge is 0.383 e. The second-order valence-electron chi connectivity index (χ2n) is 4.64. The molecule has 1 amide bonds. The number of nitrogens with one attached hydrogen (secondary N) is 1. The van der Waals surface area contributed by atoms with Crippen LogP contribution in [0.4, 0.5) is 0 Å². The summed E-state index contributed by atoms with van der Waals surface area (Å²) in [5.41, 5.74) is 5.57. The summed E-state index contributed by atoms with van der Waals surface area (Å²) >= 11 is 1.69. The van der Waals surface area contributed by atoms with Crippen LogP contribution in [0.2, 0.25) is 0 Å². The number of carbonyl (C=O) groups excluding carboxylic acids is 1. The van der Waals surface area contributed by atoms with E-state index in [1.54, 1.807) is 11.3 Å². The van der Waals surface area contributed by atoms with E-state index in [4.69, 9.17) is 10.5 Å². The van der Waals surface area contributed by atoms with Gasteiger partial charge in [0.2, 0.25) is 5.91 Å². The van der Waals surface area contributed by atoms with Gasteiger partial charge in [-0.2, -0.15) is 0 Å². The highest BCUT2D eigenvalue weighted by Crippen LogP contribution is 2.26. The Morgan fingerprint density at radius 3 is 2.78 bits per heavy atom. The van der Waals surface area contributed by atoms with E-state index in [2.05, 4.69) is 25.2 Å². The molecule has 0 aliphatic heterocycles. The van der Waals surface area contributed by atoms with Crippen molar-refractivity contribution in [3.8, 4) is 0 Å². The third-order valence-corrected chi connectivity index (χ3v) is 3.81. The zero-order chi connectivity index (χ0) is 12.9. The van der Waals surface area contributed by atoms with Crippen LogP contribution >= 0.6 is 23.7 Å². The first-order valence-corrected chi connectivity index (χ1v) is 6.41. The lowest BCUT2D eigenvalue weighted by atomic mass is 9.91. The smallest absolute Gasteiger partial charge is 0.239 e. The van der Waals surface area contributed by atoms with Crippen LogP contribution in [-0.4, -0.2) is 32.2 Å². The van der Waals surface area contributed by atoms with Crippen molar-refractivity contribution in [2.75, 3.05) is 20.3 Å². The molecule has 1 heterocycles. The van der Waals surface area contributed by atoms with Gasteiger partial charge in [-0.25, -0.2) is 0 Å². The minimum Gasteiger partial charge on any atom is -0.383 e. The molecule has 0 fully saturated rings. The molecule has 6 heteroatoms. The number of thiophene rings is 1. The second-order valence-corrected chi connectivity index (χ2v) is 5.59. The van der Waals surface area contributed by atoms with E-state index in [1.807, 2.05) is 11.4 Å². The maximum atomic E-state index is 11.6. The molecule has 104 valence electrons. The van der Waals surface area contributed by atoms with Crippen LogP contribution in [0.3, 0.4) is 0 Å². The highest BCUT2D eigenvalue weighted by atomic mass is 35.5. The summed E-state index contributed by atoms with van der Waals surface area (Å²) in [6.45, 7) is 5.01. The molecule has 1 atom stereocenters. The molecule has 1 aromatic heterocycles. The van der Waals surface area contributed by atoms with E-state index in [0.717, 1.165) is 0 Å². The highest BCUT2D eigenvalue weighted by molar-refractivity contribution is 7.10. The number of amides is 1. The van der Waals surface area contributed by atoms with Gasteiger partial charge in [0.05, 0.1) is 6.61 Å². The zero-order valence-electron chi connectivity index (χ0n) is 10.9. The van der Waals surface area contributed by atoms with Crippen molar-refractivity contribution < 1.29 is 9.53 Å². The number of hydrogen-bond acceptors (Lipinski definition) is 4. The fourth-order valence-corrected chi connectivity index (χ4v) is 2.30. The molecule has 0 aliphatic rings. The number of nitrogens with two attached hydrogens (primary N) is 1. The highest BCUT2D eigenvalue weighted by Gasteiger charge is 2.23. The van der Waals surface area contributed by atoms with Crippen LogP contribution in [0.15, 0.2) is 17.5 Å². The Balaban J connectivity index is 0.00000289. The third-order valence-electron chi connectivity index (χ3n) is 2.58. The molecule has 0 saturated heterocycles. The molecule has 1 rings (SSSR count). The fraction of sp³-hybridized carbons (Fsp3) is 0.583. The maximum absolute atomic E-state index is 11.6. The molecule has 0 bridgehead atoms. The Kier molecular flexibility index (Phi) is 7.47. The molecule has 1 unspecified atom stereocenters. The average molecular weight is 293 g/mol. The molecular formula is C12H21ClN2O2S. The number of methoxy groups -OCH3 is 1. The Morgan fingerprint density at radius 1 is 1.61 bits per heavy atom. The Morgan fingerprint density at radius 2 is 2.28 bits per heavy atom. The van der Waals surface area contributed by atoms with Crippen molar-refractivity contribution in [3.63, 3.8) is 0 Å². The molecule has 3 N–H and O–H groups in total. The van der Waals surface area contributed by atoms with E-state index in [-0.39, 0.29) is 30.3 Å². The monoisotopic (exact) mass is 292 g/mol. The van der Waals surface area contributed by atoms with Crippen LogP contribution in [0.5, 0.6) is 0 Å². The van der Waals surface area contributed by atoms with Crippen molar-refractivity contribution >= 4 is 29.7 Å². The van der Waals surface area contributed by atoms with E-state index in [9.17, 15) is 4.79 Å². The maximum Gasteiger partial charge on any atom is 0.239 e. The third kappa shape index (κ3) is 4.94. The second kappa shape index (κ2) is 7.74. The van der Waals surface area contributed by atoms with Gasteiger partial charge in [-0.15, -0.1) is 23.7 Å². The number of halogens is 1. The minimum atomic E-state index is -0.598. The lowest BCUT2D eigenvalue weighted by molar-refractivity contribution is -0.123. The molecule has 0 aliphatic carbocycles. The molecule has 0 radical (unpaired) electrons. The van der Waals surface area contributed by atoms with Crippen LogP contribution in [0, 0.1) is 0 Å². The number of carbonyl (C=O) groups is 1. The normalized spacial score (nSPS) is 12.7. The van der Waals surface area contributed by atoms with Crippen molar-refractivity contribution in [2.45, 2.75) is 25.3 Å². The molecule has 0 spiro atoms. The van der Waals surface area contributed by atoms with Gasteiger partial charge in [0.25, 0.3) is 0 Å². The SMILES string of the molecule is COCC(N)C(=O)NCC(C)(C)c1cccs1.Cl.